The fraction of sp³-hybridized carbons (Fsp3) is 0.562. The standard InChI is InChI=1S/C16H22ClNO3/c1-2-18-9-7-12(8-10-18)15(16(19)20)11-21-14-5-3-13(17)4-6-14/h3-6,12,15H,2,7-11H2,1H3,(H,19,20). The second-order valence-corrected chi connectivity index (χ2v) is 5.92. The van der Waals surface area contributed by atoms with Gasteiger partial charge in [-0.25, -0.2) is 0 Å². The summed E-state index contributed by atoms with van der Waals surface area (Å²) in [5, 5.41) is 10.1. The highest BCUT2D eigenvalue weighted by atomic mass is 35.5. The van der Waals surface area contributed by atoms with Gasteiger partial charge < -0.3 is 14.7 Å². The van der Waals surface area contributed by atoms with Crippen molar-refractivity contribution in [3.63, 3.8) is 0 Å². The molecule has 1 N–H and O–H groups in total. The highest BCUT2D eigenvalue weighted by Crippen LogP contribution is 2.26. The van der Waals surface area contributed by atoms with Gasteiger partial charge in [-0.15, -0.1) is 0 Å². The fourth-order valence-electron chi connectivity index (χ4n) is 2.80. The number of ether oxygens (including phenoxy) is 1. The second-order valence-electron chi connectivity index (χ2n) is 5.48. The summed E-state index contributed by atoms with van der Waals surface area (Å²) in [6, 6.07) is 7.01. The van der Waals surface area contributed by atoms with Gasteiger partial charge in [0.1, 0.15) is 12.4 Å². The van der Waals surface area contributed by atoms with Gasteiger partial charge in [-0.2, -0.15) is 0 Å². The molecule has 1 saturated heterocycles. The predicted molar refractivity (Wildman–Crippen MR) is 82.9 cm³/mol. The highest BCUT2D eigenvalue weighted by Gasteiger charge is 2.31. The Morgan fingerprint density at radius 1 is 1.38 bits per heavy atom. The van der Waals surface area contributed by atoms with Crippen LogP contribution >= 0.6 is 11.6 Å². The molecule has 1 aromatic carbocycles. The molecule has 0 aliphatic carbocycles. The van der Waals surface area contributed by atoms with E-state index < -0.39 is 11.9 Å². The van der Waals surface area contributed by atoms with Crippen molar-refractivity contribution in [2.75, 3.05) is 26.2 Å². The molecular formula is C16H22ClNO3. The number of nitrogens with zero attached hydrogens (tertiary/aromatic N) is 1. The fourth-order valence-corrected chi connectivity index (χ4v) is 2.92. The van der Waals surface area contributed by atoms with Crippen molar-refractivity contribution in [1.29, 1.82) is 0 Å². The van der Waals surface area contributed by atoms with Crippen LogP contribution < -0.4 is 4.74 Å². The van der Waals surface area contributed by atoms with E-state index in [0.29, 0.717) is 10.8 Å². The number of carboxylic acids is 1. The van der Waals surface area contributed by atoms with Crippen LogP contribution in [-0.4, -0.2) is 42.2 Å². The van der Waals surface area contributed by atoms with E-state index in [0.717, 1.165) is 32.5 Å². The molecule has 0 amide bonds. The van der Waals surface area contributed by atoms with Gasteiger partial charge in [0.2, 0.25) is 0 Å². The average molecular weight is 312 g/mol. The topological polar surface area (TPSA) is 49.8 Å². The van der Waals surface area contributed by atoms with Crippen LogP contribution in [0.1, 0.15) is 19.8 Å². The molecule has 4 nitrogen and oxygen atoms in total. The summed E-state index contributed by atoms with van der Waals surface area (Å²) in [5.41, 5.74) is 0. The SMILES string of the molecule is CCN1CCC(C(COc2ccc(Cl)cc2)C(=O)O)CC1. The van der Waals surface area contributed by atoms with E-state index >= 15 is 0 Å². The summed E-state index contributed by atoms with van der Waals surface area (Å²) >= 11 is 5.82. The molecule has 0 spiro atoms. The van der Waals surface area contributed by atoms with Crippen molar-refractivity contribution in [1.82, 2.24) is 4.90 Å². The van der Waals surface area contributed by atoms with Gasteiger partial charge in [0, 0.05) is 5.02 Å². The number of hydrogen-bond acceptors (Lipinski definition) is 3. The zero-order valence-electron chi connectivity index (χ0n) is 12.3. The summed E-state index contributed by atoms with van der Waals surface area (Å²) in [6.45, 7) is 5.34. The zero-order valence-corrected chi connectivity index (χ0v) is 13.1. The molecule has 0 saturated carbocycles. The van der Waals surface area contributed by atoms with Crippen LogP contribution in [0.5, 0.6) is 5.75 Å². The Morgan fingerprint density at radius 2 is 2.00 bits per heavy atom. The monoisotopic (exact) mass is 311 g/mol. The van der Waals surface area contributed by atoms with Crippen molar-refractivity contribution >= 4 is 17.6 Å². The summed E-state index contributed by atoms with van der Waals surface area (Å²) in [4.78, 5) is 13.9. The third kappa shape index (κ3) is 4.61. The van der Waals surface area contributed by atoms with E-state index in [4.69, 9.17) is 16.3 Å². The third-order valence-corrected chi connectivity index (χ3v) is 4.46. The number of likely N-dealkylation sites (tertiary alicyclic amines) is 1. The Hall–Kier alpha value is -1.26. The Kier molecular flexibility index (Phi) is 5.88. The zero-order chi connectivity index (χ0) is 15.2. The van der Waals surface area contributed by atoms with E-state index in [1.54, 1.807) is 24.3 Å². The minimum absolute atomic E-state index is 0.192. The molecule has 1 aromatic rings. The van der Waals surface area contributed by atoms with E-state index in [9.17, 15) is 9.90 Å². The van der Waals surface area contributed by atoms with Crippen molar-refractivity contribution in [3.05, 3.63) is 29.3 Å². The number of carbonyl (C=O) groups is 1. The minimum Gasteiger partial charge on any atom is -0.493 e. The van der Waals surface area contributed by atoms with Crippen LogP contribution in [0.15, 0.2) is 24.3 Å². The molecule has 1 aliphatic heterocycles. The first kappa shape index (κ1) is 16.1. The molecule has 1 unspecified atom stereocenters. The van der Waals surface area contributed by atoms with Gasteiger partial charge in [0.25, 0.3) is 0 Å². The first-order valence-electron chi connectivity index (χ1n) is 7.43. The Morgan fingerprint density at radius 3 is 2.52 bits per heavy atom. The molecule has 1 heterocycles. The lowest BCUT2D eigenvalue weighted by Gasteiger charge is -2.33. The third-order valence-electron chi connectivity index (χ3n) is 4.21. The quantitative estimate of drug-likeness (QED) is 0.877. The predicted octanol–water partition coefficient (Wildman–Crippen LogP) is 3.15. The number of halogens is 1. The van der Waals surface area contributed by atoms with E-state index in [1.165, 1.54) is 0 Å². The first-order valence-corrected chi connectivity index (χ1v) is 7.81. The van der Waals surface area contributed by atoms with Gasteiger partial charge in [-0.05, 0) is 62.7 Å². The van der Waals surface area contributed by atoms with Gasteiger partial charge in [0.05, 0.1) is 5.92 Å². The van der Waals surface area contributed by atoms with Crippen molar-refractivity contribution in [3.8, 4) is 5.75 Å². The normalized spacial score (nSPS) is 18.4. The minimum atomic E-state index is -0.765. The van der Waals surface area contributed by atoms with Gasteiger partial charge in [0.15, 0.2) is 0 Å². The van der Waals surface area contributed by atoms with Crippen LogP contribution in [0, 0.1) is 11.8 Å². The summed E-state index contributed by atoms with van der Waals surface area (Å²) in [7, 11) is 0. The summed E-state index contributed by atoms with van der Waals surface area (Å²) < 4.78 is 5.64. The number of benzene rings is 1. The first-order chi connectivity index (χ1) is 10.1. The Bertz CT molecular complexity index is 455. The molecule has 1 fully saturated rings. The Balaban J connectivity index is 1.90. The molecule has 0 bridgehead atoms. The molecule has 1 atom stereocenters. The van der Waals surface area contributed by atoms with Crippen LogP contribution in [0.25, 0.3) is 0 Å². The van der Waals surface area contributed by atoms with Crippen molar-refractivity contribution in [2.45, 2.75) is 19.8 Å². The molecule has 5 heteroatoms. The van der Waals surface area contributed by atoms with Crippen LogP contribution in [0.4, 0.5) is 0 Å². The lowest BCUT2D eigenvalue weighted by Crippen LogP contribution is -2.39. The van der Waals surface area contributed by atoms with Gasteiger partial charge in [-0.3, -0.25) is 4.79 Å². The maximum atomic E-state index is 11.5. The molecular weight excluding hydrogens is 290 g/mol. The Labute approximate surface area is 130 Å². The van der Waals surface area contributed by atoms with Gasteiger partial charge in [-0.1, -0.05) is 18.5 Å². The van der Waals surface area contributed by atoms with E-state index in [2.05, 4.69) is 11.8 Å². The molecule has 21 heavy (non-hydrogen) atoms. The van der Waals surface area contributed by atoms with Crippen molar-refractivity contribution in [2.24, 2.45) is 11.8 Å². The van der Waals surface area contributed by atoms with Crippen LogP contribution in [-0.2, 0) is 4.79 Å². The highest BCUT2D eigenvalue weighted by molar-refractivity contribution is 6.30. The second kappa shape index (κ2) is 7.66. The smallest absolute Gasteiger partial charge is 0.310 e. The molecule has 0 aromatic heterocycles. The maximum Gasteiger partial charge on any atom is 0.310 e. The van der Waals surface area contributed by atoms with E-state index in [-0.39, 0.29) is 12.5 Å². The molecule has 116 valence electrons. The maximum absolute atomic E-state index is 11.5. The van der Waals surface area contributed by atoms with Gasteiger partial charge >= 0.3 is 5.97 Å². The van der Waals surface area contributed by atoms with E-state index in [1.807, 2.05) is 0 Å². The number of rotatable bonds is 6. The number of aliphatic carboxylic acids is 1. The lowest BCUT2D eigenvalue weighted by atomic mass is 9.84. The van der Waals surface area contributed by atoms with Crippen molar-refractivity contribution < 1.29 is 14.6 Å². The van der Waals surface area contributed by atoms with Crippen LogP contribution in [0.2, 0.25) is 5.02 Å². The molecule has 0 radical (unpaired) electrons. The largest absolute Gasteiger partial charge is 0.493 e. The number of piperidine rings is 1. The molecule has 1 aliphatic rings. The average Bonchev–Trinajstić information content (AvgIpc) is 2.49. The number of hydrogen-bond donors (Lipinski definition) is 1. The van der Waals surface area contributed by atoms with Crippen LogP contribution in [0.3, 0.4) is 0 Å². The molecule has 2 rings (SSSR count). The lowest BCUT2D eigenvalue weighted by molar-refractivity contribution is -0.145. The number of carboxylic acid groups (broad SMARTS) is 1. The summed E-state index contributed by atoms with van der Waals surface area (Å²) in [6.07, 6.45) is 1.85. The summed E-state index contributed by atoms with van der Waals surface area (Å²) in [5.74, 6) is -0.354.